The van der Waals surface area contributed by atoms with E-state index in [1.807, 2.05) is 44.2 Å². The molecule has 0 aliphatic carbocycles. The van der Waals surface area contributed by atoms with Crippen LogP contribution in [0.4, 0.5) is 4.79 Å². The van der Waals surface area contributed by atoms with Gasteiger partial charge in [0.15, 0.2) is 0 Å². The molecule has 0 bridgehead atoms. The smallest absolute Gasteiger partial charge is 0.408 e. The second-order valence-corrected chi connectivity index (χ2v) is 6.91. The van der Waals surface area contributed by atoms with E-state index in [2.05, 4.69) is 5.32 Å². The van der Waals surface area contributed by atoms with Crippen LogP contribution in [0.3, 0.4) is 0 Å². The van der Waals surface area contributed by atoms with Crippen LogP contribution in [0.1, 0.15) is 47.1 Å². The lowest BCUT2D eigenvalue weighted by Crippen LogP contribution is -2.49. The van der Waals surface area contributed by atoms with Crippen LogP contribution in [0.15, 0.2) is 30.3 Å². The quantitative estimate of drug-likeness (QED) is 0.905. The summed E-state index contributed by atoms with van der Waals surface area (Å²) in [6, 6.07) is 9.18. The lowest BCUT2D eigenvalue weighted by atomic mass is 10.1. The summed E-state index contributed by atoms with van der Waals surface area (Å²) in [6.45, 7) is 11.5. The Morgan fingerprint density at radius 2 is 1.70 bits per heavy atom. The van der Waals surface area contributed by atoms with Crippen LogP contribution in [0.2, 0.25) is 0 Å². The number of alkyl carbamates (subject to hydrolysis) is 1. The molecule has 0 heterocycles. The highest BCUT2D eigenvalue weighted by atomic mass is 16.6. The number of nitrogens with zero attached hydrogens (tertiary/aromatic N) is 1. The van der Waals surface area contributed by atoms with E-state index in [9.17, 15) is 9.59 Å². The summed E-state index contributed by atoms with van der Waals surface area (Å²) in [5.74, 6) is -0.130. The average Bonchev–Trinajstić information content (AvgIpc) is 2.42. The average molecular weight is 320 g/mol. The van der Waals surface area contributed by atoms with Crippen LogP contribution < -0.4 is 5.32 Å². The predicted molar refractivity (Wildman–Crippen MR) is 91.0 cm³/mol. The van der Waals surface area contributed by atoms with Gasteiger partial charge in [0, 0.05) is 12.6 Å². The molecule has 0 fully saturated rings. The highest BCUT2D eigenvalue weighted by Gasteiger charge is 2.26. The Labute approximate surface area is 139 Å². The van der Waals surface area contributed by atoms with Gasteiger partial charge in [0.2, 0.25) is 5.91 Å². The Bertz CT molecular complexity index is 521. The van der Waals surface area contributed by atoms with Gasteiger partial charge in [0.05, 0.1) is 0 Å². The second kappa shape index (κ2) is 7.99. The van der Waals surface area contributed by atoms with Gasteiger partial charge >= 0.3 is 6.09 Å². The molecule has 0 saturated carbocycles. The highest BCUT2D eigenvalue weighted by Crippen LogP contribution is 2.11. The summed E-state index contributed by atoms with van der Waals surface area (Å²) in [6.07, 6.45) is -0.582. The lowest BCUT2D eigenvalue weighted by Gasteiger charge is -2.30. The van der Waals surface area contributed by atoms with E-state index in [4.69, 9.17) is 4.74 Å². The Hall–Kier alpha value is -2.04. The van der Waals surface area contributed by atoms with Gasteiger partial charge in [-0.3, -0.25) is 4.79 Å². The minimum Gasteiger partial charge on any atom is -0.444 e. The molecule has 1 N–H and O–H groups in total. The van der Waals surface area contributed by atoms with Crippen molar-refractivity contribution in [2.45, 2.75) is 65.8 Å². The zero-order valence-electron chi connectivity index (χ0n) is 14.9. The van der Waals surface area contributed by atoms with Gasteiger partial charge in [0.25, 0.3) is 0 Å². The van der Waals surface area contributed by atoms with E-state index in [0.29, 0.717) is 6.54 Å². The number of carbonyl (C=O) groups excluding carboxylic acids is 2. The van der Waals surface area contributed by atoms with E-state index in [1.54, 1.807) is 32.6 Å². The van der Waals surface area contributed by atoms with Crippen LogP contribution in [0, 0.1) is 0 Å². The molecule has 128 valence electrons. The van der Waals surface area contributed by atoms with Crippen molar-refractivity contribution in [3.63, 3.8) is 0 Å². The van der Waals surface area contributed by atoms with Crippen molar-refractivity contribution in [3.8, 4) is 0 Å². The Kier molecular flexibility index (Phi) is 6.61. The van der Waals surface area contributed by atoms with E-state index in [0.717, 1.165) is 5.56 Å². The number of amides is 2. The molecule has 0 aromatic heterocycles. The van der Waals surface area contributed by atoms with Gasteiger partial charge in [-0.05, 0) is 47.1 Å². The molecule has 0 saturated heterocycles. The van der Waals surface area contributed by atoms with Crippen molar-refractivity contribution >= 4 is 12.0 Å². The molecule has 23 heavy (non-hydrogen) atoms. The Morgan fingerprint density at radius 3 is 2.17 bits per heavy atom. The molecule has 2 amide bonds. The zero-order chi connectivity index (χ0) is 17.6. The maximum Gasteiger partial charge on any atom is 0.408 e. The number of nitrogens with one attached hydrogen (secondary N) is 1. The molecule has 0 unspecified atom stereocenters. The van der Waals surface area contributed by atoms with Crippen molar-refractivity contribution in [3.05, 3.63) is 35.9 Å². The van der Waals surface area contributed by atoms with E-state index < -0.39 is 17.7 Å². The monoisotopic (exact) mass is 320 g/mol. The number of benzene rings is 1. The molecule has 1 rings (SSSR count). The molecule has 5 nitrogen and oxygen atoms in total. The van der Waals surface area contributed by atoms with E-state index in [-0.39, 0.29) is 11.9 Å². The summed E-state index contributed by atoms with van der Waals surface area (Å²) < 4.78 is 5.20. The number of hydrogen-bond acceptors (Lipinski definition) is 3. The lowest BCUT2D eigenvalue weighted by molar-refractivity contribution is -0.135. The number of ether oxygens (including phenoxy) is 1. The molecule has 0 aliphatic heterocycles. The molecule has 0 spiro atoms. The molecular weight excluding hydrogens is 292 g/mol. The van der Waals surface area contributed by atoms with Crippen molar-refractivity contribution in [2.75, 3.05) is 0 Å². The fraction of sp³-hybridized carbons (Fsp3) is 0.556. The molecule has 0 radical (unpaired) electrons. The zero-order valence-corrected chi connectivity index (χ0v) is 14.9. The first-order valence-electron chi connectivity index (χ1n) is 7.94. The standard InChI is InChI=1S/C18H28N2O3/c1-13(2)20(12-15-10-8-7-9-11-15)16(21)14(3)19-17(22)23-18(4,5)6/h7-11,13-14H,12H2,1-6H3,(H,19,22)/t14-/m0/s1. The topological polar surface area (TPSA) is 58.6 Å². The first-order valence-corrected chi connectivity index (χ1v) is 7.94. The third kappa shape index (κ3) is 6.72. The maximum absolute atomic E-state index is 12.6. The number of hydrogen-bond donors (Lipinski definition) is 1. The Morgan fingerprint density at radius 1 is 1.13 bits per heavy atom. The summed E-state index contributed by atoms with van der Waals surface area (Å²) in [5, 5.41) is 2.60. The van der Waals surface area contributed by atoms with E-state index >= 15 is 0 Å². The van der Waals surface area contributed by atoms with Gasteiger partial charge in [-0.15, -0.1) is 0 Å². The molecule has 5 heteroatoms. The van der Waals surface area contributed by atoms with Crippen molar-refractivity contribution in [2.24, 2.45) is 0 Å². The van der Waals surface area contributed by atoms with Crippen LogP contribution in [0.25, 0.3) is 0 Å². The first-order chi connectivity index (χ1) is 10.6. The molecular formula is C18H28N2O3. The summed E-state index contributed by atoms with van der Waals surface area (Å²) >= 11 is 0. The van der Waals surface area contributed by atoms with Gasteiger partial charge < -0.3 is 15.0 Å². The molecule has 1 atom stereocenters. The van der Waals surface area contributed by atoms with Crippen LogP contribution >= 0.6 is 0 Å². The number of rotatable bonds is 5. The third-order valence-corrected chi connectivity index (χ3v) is 3.21. The molecule has 0 aliphatic rings. The SMILES string of the molecule is CC(C)N(Cc1ccccc1)C(=O)[C@H](C)NC(=O)OC(C)(C)C. The second-order valence-electron chi connectivity index (χ2n) is 6.91. The minimum atomic E-state index is -0.643. The predicted octanol–water partition coefficient (Wildman–Crippen LogP) is 3.34. The normalized spacial score (nSPS) is 12.7. The molecule has 1 aromatic carbocycles. The highest BCUT2D eigenvalue weighted by molar-refractivity contribution is 5.85. The number of carbonyl (C=O) groups is 2. The van der Waals surface area contributed by atoms with Gasteiger partial charge in [-0.1, -0.05) is 30.3 Å². The Balaban J connectivity index is 2.71. The first kappa shape index (κ1) is 19.0. The van der Waals surface area contributed by atoms with Crippen LogP contribution in [-0.2, 0) is 16.1 Å². The van der Waals surface area contributed by atoms with Crippen molar-refractivity contribution < 1.29 is 14.3 Å². The van der Waals surface area contributed by atoms with Crippen molar-refractivity contribution in [1.29, 1.82) is 0 Å². The fourth-order valence-corrected chi connectivity index (χ4v) is 2.09. The van der Waals surface area contributed by atoms with Crippen molar-refractivity contribution in [1.82, 2.24) is 10.2 Å². The fourth-order valence-electron chi connectivity index (χ4n) is 2.09. The molecule has 1 aromatic rings. The van der Waals surface area contributed by atoms with Crippen LogP contribution in [-0.4, -0.2) is 34.6 Å². The third-order valence-electron chi connectivity index (χ3n) is 3.21. The largest absolute Gasteiger partial charge is 0.444 e. The van der Waals surface area contributed by atoms with Gasteiger partial charge in [-0.2, -0.15) is 0 Å². The van der Waals surface area contributed by atoms with Crippen LogP contribution in [0.5, 0.6) is 0 Å². The summed E-state index contributed by atoms with van der Waals surface area (Å²) in [5.41, 5.74) is 0.466. The summed E-state index contributed by atoms with van der Waals surface area (Å²) in [4.78, 5) is 26.2. The van der Waals surface area contributed by atoms with Gasteiger partial charge in [-0.25, -0.2) is 4.79 Å². The summed E-state index contributed by atoms with van der Waals surface area (Å²) in [7, 11) is 0. The minimum absolute atomic E-state index is 0.0330. The van der Waals surface area contributed by atoms with E-state index in [1.165, 1.54) is 0 Å². The maximum atomic E-state index is 12.6. The van der Waals surface area contributed by atoms with Gasteiger partial charge in [0.1, 0.15) is 11.6 Å².